The molecule has 10 nitrogen and oxygen atoms in total. The van der Waals surface area contributed by atoms with Crippen LogP contribution < -0.4 is 10.0 Å². The molecular weight excluding hydrogens is 545 g/mol. The molecule has 1 aromatic heterocycles. The van der Waals surface area contributed by atoms with E-state index < -0.39 is 39.8 Å². The zero-order valence-corrected chi connectivity index (χ0v) is 22.4. The summed E-state index contributed by atoms with van der Waals surface area (Å²) in [7, 11) is -3.74. The predicted molar refractivity (Wildman–Crippen MR) is 137 cm³/mol. The Morgan fingerprint density at radius 3 is 2.81 bits per heavy atom. The van der Waals surface area contributed by atoms with Gasteiger partial charge in [-0.2, -0.15) is 0 Å². The van der Waals surface area contributed by atoms with E-state index in [-0.39, 0.29) is 23.7 Å². The van der Waals surface area contributed by atoms with Crippen LogP contribution in [0, 0.1) is 5.82 Å². The summed E-state index contributed by atoms with van der Waals surface area (Å²) in [6, 6.07) is 2.18. The standard InChI is InChI=1S/C23H25ClFN5O5S2/c1-3-35-23(32)18-16(12-30-9-4-5-17(30)21(31)29-37(2,33)34)27-20(22-26-8-10-36-22)28-19(18)14-7-6-13(25)11-15(14)24/h6-8,10-11,17,19H,3-5,9,12H2,1-2H3,(H,27,28)(H,29,31)/t17-,19?/m0/s1. The number of thiazole rings is 1. The number of amides is 1. The maximum Gasteiger partial charge on any atom is 0.338 e. The third-order valence-corrected chi connectivity index (χ3v) is 7.51. The number of esters is 1. The molecule has 14 heteroatoms. The summed E-state index contributed by atoms with van der Waals surface area (Å²) < 4.78 is 44.5. The fourth-order valence-corrected chi connectivity index (χ4v) is 5.69. The Morgan fingerprint density at radius 2 is 2.16 bits per heavy atom. The van der Waals surface area contributed by atoms with E-state index in [1.165, 1.54) is 23.5 Å². The van der Waals surface area contributed by atoms with Crippen LogP contribution in [0.1, 0.15) is 36.4 Å². The summed E-state index contributed by atoms with van der Waals surface area (Å²) in [5.74, 6) is -1.44. The van der Waals surface area contributed by atoms with Gasteiger partial charge in [0.25, 0.3) is 5.91 Å². The Balaban J connectivity index is 1.79. The van der Waals surface area contributed by atoms with Gasteiger partial charge in [0, 0.05) is 34.4 Å². The Kier molecular flexibility index (Phi) is 8.26. The van der Waals surface area contributed by atoms with E-state index >= 15 is 0 Å². The average molecular weight is 570 g/mol. The fourth-order valence-electron chi connectivity index (χ4n) is 4.33. The second kappa shape index (κ2) is 11.3. The molecule has 2 aliphatic heterocycles. The zero-order valence-electron chi connectivity index (χ0n) is 20.0. The summed E-state index contributed by atoms with van der Waals surface area (Å²) in [5.41, 5.74) is 0.958. The molecular formula is C23H25ClFN5O5S2. The van der Waals surface area contributed by atoms with Crippen molar-refractivity contribution >= 4 is 50.7 Å². The molecule has 3 heterocycles. The smallest absolute Gasteiger partial charge is 0.338 e. The third kappa shape index (κ3) is 6.35. The molecule has 0 radical (unpaired) electrons. The second-order valence-corrected chi connectivity index (χ2v) is 11.5. The number of amidine groups is 1. The number of aromatic nitrogens is 1. The summed E-state index contributed by atoms with van der Waals surface area (Å²) in [5, 5.41) is 5.59. The summed E-state index contributed by atoms with van der Waals surface area (Å²) >= 11 is 7.72. The monoisotopic (exact) mass is 569 g/mol. The lowest BCUT2D eigenvalue weighted by Crippen LogP contribution is -2.47. The number of nitrogens with one attached hydrogen (secondary N) is 2. The van der Waals surface area contributed by atoms with Crippen molar-refractivity contribution in [2.75, 3.05) is 26.0 Å². The molecule has 1 fully saturated rings. The number of likely N-dealkylation sites (tertiary alicyclic amines) is 1. The van der Waals surface area contributed by atoms with Crippen molar-refractivity contribution in [3.63, 3.8) is 0 Å². The number of ether oxygens (including phenoxy) is 1. The van der Waals surface area contributed by atoms with Gasteiger partial charge < -0.3 is 10.1 Å². The minimum Gasteiger partial charge on any atom is -0.463 e. The van der Waals surface area contributed by atoms with Crippen LogP contribution in [0.4, 0.5) is 4.39 Å². The first-order valence-electron chi connectivity index (χ1n) is 11.4. The topological polar surface area (TPSA) is 130 Å². The van der Waals surface area contributed by atoms with E-state index in [1.54, 1.807) is 23.4 Å². The molecule has 2 atom stereocenters. The van der Waals surface area contributed by atoms with E-state index in [9.17, 15) is 22.4 Å². The number of carbonyl (C=O) groups is 2. The molecule has 0 aliphatic carbocycles. The Labute approximate surface area is 222 Å². The van der Waals surface area contributed by atoms with Crippen molar-refractivity contribution in [3.8, 4) is 0 Å². The number of nitrogens with zero attached hydrogens (tertiary/aromatic N) is 3. The van der Waals surface area contributed by atoms with Crippen LogP contribution in [0.15, 0.2) is 46.0 Å². The zero-order chi connectivity index (χ0) is 26.7. The minimum atomic E-state index is -3.74. The molecule has 2 N–H and O–H groups in total. The van der Waals surface area contributed by atoms with Crippen LogP contribution in [0.25, 0.3) is 0 Å². The Hall–Kier alpha value is -2.87. The van der Waals surface area contributed by atoms with Crippen LogP contribution in [-0.2, 0) is 24.3 Å². The number of sulfonamides is 1. The van der Waals surface area contributed by atoms with Gasteiger partial charge >= 0.3 is 5.97 Å². The first kappa shape index (κ1) is 27.2. The molecule has 198 valence electrons. The van der Waals surface area contributed by atoms with Gasteiger partial charge in [-0.3, -0.25) is 19.4 Å². The van der Waals surface area contributed by atoms with Gasteiger partial charge in [0.1, 0.15) is 11.9 Å². The molecule has 1 aromatic carbocycles. The van der Waals surface area contributed by atoms with Gasteiger partial charge in [-0.05, 0) is 38.4 Å². The average Bonchev–Trinajstić information content (AvgIpc) is 3.50. The van der Waals surface area contributed by atoms with Crippen molar-refractivity contribution in [1.82, 2.24) is 19.9 Å². The lowest BCUT2D eigenvalue weighted by Gasteiger charge is -2.31. The molecule has 37 heavy (non-hydrogen) atoms. The highest BCUT2D eigenvalue weighted by Crippen LogP contribution is 2.37. The second-order valence-electron chi connectivity index (χ2n) is 8.49. The predicted octanol–water partition coefficient (Wildman–Crippen LogP) is 2.38. The van der Waals surface area contributed by atoms with E-state index in [0.29, 0.717) is 41.5 Å². The van der Waals surface area contributed by atoms with E-state index in [4.69, 9.17) is 21.3 Å². The largest absolute Gasteiger partial charge is 0.463 e. The molecule has 0 saturated carbocycles. The van der Waals surface area contributed by atoms with Gasteiger partial charge in [-0.25, -0.2) is 22.6 Å². The van der Waals surface area contributed by atoms with Crippen molar-refractivity contribution in [2.24, 2.45) is 4.99 Å². The van der Waals surface area contributed by atoms with Crippen LogP contribution in [0.5, 0.6) is 0 Å². The molecule has 0 spiro atoms. The molecule has 1 saturated heterocycles. The molecule has 0 bridgehead atoms. The van der Waals surface area contributed by atoms with Gasteiger partial charge in [0.15, 0.2) is 10.8 Å². The molecule has 2 aliphatic rings. The van der Waals surface area contributed by atoms with E-state index in [0.717, 1.165) is 12.3 Å². The number of carbonyl (C=O) groups excluding carboxylic acids is 2. The molecule has 1 unspecified atom stereocenters. The molecule has 4 rings (SSSR count). The minimum absolute atomic E-state index is 0.0851. The number of benzene rings is 1. The van der Waals surface area contributed by atoms with Gasteiger partial charge in [0.05, 0.1) is 24.5 Å². The molecule has 2 aromatic rings. The number of halogens is 2. The third-order valence-electron chi connectivity index (χ3n) is 5.83. The van der Waals surface area contributed by atoms with Crippen LogP contribution in [-0.4, -0.2) is 68.0 Å². The fraction of sp³-hybridized carbons (Fsp3) is 0.391. The van der Waals surface area contributed by atoms with Crippen LogP contribution >= 0.6 is 22.9 Å². The van der Waals surface area contributed by atoms with Gasteiger partial charge in [0.2, 0.25) is 10.0 Å². The highest BCUT2D eigenvalue weighted by atomic mass is 35.5. The maximum atomic E-state index is 13.8. The van der Waals surface area contributed by atoms with Crippen LogP contribution in [0.2, 0.25) is 5.02 Å². The van der Waals surface area contributed by atoms with Crippen molar-refractivity contribution in [3.05, 3.63) is 62.5 Å². The SMILES string of the molecule is CCOC(=O)C1=C(CN2CCC[C@H]2C(=O)NS(C)(=O)=O)NC(c2nccs2)=NC1c1ccc(F)cc1Cl. The van der Waals surface area contributed by atoms with Crippen molar-refractivity contribution in [1.29, 1.82) is 0 Å². The maximum absolute atomic E-state index is 13.8. The quantitative estimate of drug-likeness (QED) is 0.464. The van der Waals surface area contributed by atoms with Crippen molar-refractivity contribution in [2.45, 2.75) is 31.8 Å². The summed E-state index contributed by atoms with van der Waals surface area (Å²) in [4.78, 5) is 36.7. The van der Waals surface area contributed by atoms with Crippen LogP contribution in [0.3, 0.4) is 0 Å². The normalized spacial score (nSPS) is 20.4. The lowest BCUT2D eigenvalue weighted by molar-refractivity contribution is -0.139. The first-order chi connectivity index (χ1) is 17.6. The Bertz CT molecular complexity index is 1360. The van der Waals surface area contributed by atoms with Gasteiger partial charge in [-0.15, -0.1) is 11.3 Å². The lowest BCUT2D eigenvalue weighted by atomic mass is 9.95. The summed E-state index contributed by atoms with van der Waals surface area (Å²) in [6.07, 6.45) is 3.64. The number of rotatable bonds is 8. The van der Waals surface area contributed by atoms with Gasteiger partial charge in [-0.1, -0.05) is 17.7 Å². The van der Waals surface area contributed by atoms with E-state index in [1.807, 2.05) is 4.72 Å². The Morgan fingerprint density at radius 1 is 1.38 bits per heavy atom. The highest BCUT2D eigenvalue weighted by molar-refractivity contribution is 7.89. The van der Waals surface area contributed by atoms with Crippen molar-refractivity contribution < 1.29 is 27.1 Å². The first-order valence-corrected chi connectivity index (χ1v) is 14.6. The summed E-state index contributed by atoms with van der Waals surface area (Å²) in [6.45, 7) is 2.36. The number of hydrogen-bond acceptors (Lipinski definition) is 10. The number of hydrogen-bond donors (Lipinski definition) is 2. The number of aliphatic imine (C=N–C) groups is 1. The highest BCUT2D eigenvalue weighted by Gasteiger charge is 2.38. The van der Waals surface area contributed by atoms with E-state index in [2.05, 4.69) is 10.3 Å². The molecule has 1 amide bonds.